The highest BCUT2D eigenvalue weighted by Crippen LogP contribution is 2.35. The Balaban J connectivity index is 3.07. The van der Waals surface area contributed by atoms with E-state index < -0.39 is 4.92 Å². The minimum absolute atomic E-state index is 0.0140. The minimum Gasteiger partial charge on any atom is -0.483 e. The normalized spacial score (nSPS) is 12.0. The molecule has 1 rings (SSSR count). The average Bonchev–Trinajstić information content (AvgIpc) is 2.20. The van der Waals surface area contributed by atoms with Gasteiger partial charge < -0.3 is 4.74 Å². The Morgan fingerprint density at radius 1 is 1.56 bits per heavy atom. The van der Waals surface area contributed by atoms with Crippen LogP contribution in [0.2, 0.25) is 0 Å². The predicted molar refractivity (Wildman–Crippen MR) is 70.9 cm³/mol. The van der Waals surface area contributed by atoms with E-state index in [-0.39, 0.29) is 29.7 Å². The molecular formula is C12H14BrNO4. The van der Waals surface area contributed by atoms with Crippen molar-refractivity contribution in [3.8, 4) is 5.75 Å². The predicted octanol–water partition coefficient (Wildman–Crippen LogP) is 3.41. The molecule has 1 atom stereocenters. The van der Waals surface area contributed by atoms with Crippen LogP contribution in [0.4, 0.5) is 5.69 Å². The second-order valence-corrected chi connectivity index (χ2v) is 5.08. The number of nitro benzene ring substituents is 1. The van der Waals surface area contributed by atoms with Gasteiger partial charge in [0, 0.05) is 17.0 Å². The van der Waals surface area contributed by atoms with Gasteiger partial charge in [-0.1, -0.05) is 15.9 Å². The second-order valence-electron chi connectivity index (χ2n) is 4.16. The van der Waals surface area contributed by atoms with Crippen molar-refractivity contribution in [3.05, 3.63) is 32.3 Å². The van der Waals surface area contributed by atoms with Crippen LogP contribution in [0.25, 0.3) is 0 Å². The van der Waals surface area contributed by atoms with Gasteiger partial charge in [0.05, 0.1) is 4.92 Å². The monoisotopic (exact) mass is 315 g/mol. The standard InChI is InChI=1S/C12H14BrNO4/c1-7-4-10(13)6-11(14(16)17)12(7)18-9(3)5-8(2)15/h4,6,9H,5H2,1-3H3. The van der Waals surface area contributed by atoms with Gasteiger partial charge in [0.25, 0.3) is 0 Å². The molecule has 5 nitrogen and oxygen atoms in total. The number of ketones is 1. The molecule has 0 saturated heterocycles. The van der Waals surface area contributed by atoms with Gasteiger partial charge in [0.15, 0.2) is 5.75 Å². The second kappa shape index (κ2) is 5.95. The van der Waals surface area contributed by atoms with E-state index in [2.05, 4.69) is 15.9 Å². The summed E-state index contributed by atoms with van der Waals surface area (Å²) in [6.07, 6.45) is -0.159. The molecule has 0 N–H and O–H groups in total. The summed E-state index contributed by atoms with van der Waals surface area (Å²) in [6, 6.07) is 3.13. The third kappa shape index (κ3) is 3.80. The Morgan fingerprint density at radius 3 is 2.67 bits per heavy atom. The van der Waals surface area contributed by atoms with E-state index in [4.69, 9.17) is 4.74 Å². The number of Topliss-reactive ketones (excluding diaryl/α,β-unsaturated/α-hetero) is 1. The summed E-state index contributed by atoms with van der Waals surface area (Å²) in [5.74, 6) is 0.205. The van der Waals surface area contributed by atoms with Crippen LogP contribution in [0.5, 0.6) is 5.75 Å². The summed E-state index contributed by atoms with van der Waals surface area (Å²) in [5, 5.41) is 11.0. The minimum atomic E-state index is -0.492. The molecule has 0 radical (unpaired) electrons. The quantitative estimate of drug-likeness (QED) is 0.616. The van der Waals surface area contributed by atoms with E-state index in [9.17, 15) is 14.9 Å². The maximum absolute atomic E-state index is 11.0. The third-order valence-electron chi connectivity index (χ3n) is 2.31. The molecule has 0 aliphatic rings. The van der Waals surface area contributed by atoms with Crippen molar-refractivity contribution >= 4 is 27.4 Å². The van der Waals surface area contributed by atoms with Gasteiger partial charge in [-0.3, -0.25) is 14.9 Å². The number of nitro groups is 1. The fourth-order valence-electron chi connectivity index (χ4n) is 1.65. The number of ether oxygens (including phenoxy) is 1. The Bertz CT molecular complexity index is 487. The first-order valence-corrected chi connectivity index (χ1v) is 6.21. The number of carbonyl (C=O) groups excluding carboxylic acids is 1. The first-order valence-electron chi connectivity index (χ1n) is 5.42. The van der Waals surface area contributed by atoms with E-state index in [1.807, 2.05) is 0 Å². The van der Waals surface area contributed by atoms with Gasteiger partial charge in [-0.05, 0) is 32.4 Å². The Morgan fingerprint density at radius 2 is 2.17 bits per heavy atom. The number of hydrogen-bond acceptors (Lipinski definition) is 4. The van der Waals surface area contributed by atoms with Crippen LogP contribution < -0.4 is 4.74 Å². The van der Waals surface area contributed by atoms with E-state index >= 15 is 0 Å². The average molecular weight is 316 g/mol. The molecule has 0 bridgehead atoms. The molecule has 1 aromatic rings. The van der Waals surface area contributed by atoms with Crippen molar-refractivity contribution < 1.29 is 14.5 Å². The van der Waals surface area contributed by atoms with Crippen LogP contribution in [0.15, 0.2) is 16.6 Å². The lowest BCUT2D eigenvalue weighted by Crippen LogP contribution is -2.16. The van der Waals surface area contributed by atoms with Gasteiger partial charge in [0.2, 0.25) is 0 Å². The number of halogens is 1. The molecule has 6 heteroatoms. The van der Waals surface area contributed by atoms with Gasteiger partial charge in [-0.2, -0.15) is 0 Å². The summed E-state index contributed by atoms with van der Waals surface area (Å²) < 4.78 is 6.14. The SMILES string of the molecule is CC(=O)CC(C)Oc1c(C)cc(Br)cc1[N+](=O)[O-]. The van der Waals surface area contributed by atoms with E-state index in [0.29, 0.717) is 10.0 Å². The van der Waals surface area contributed by atoms with Crippen LogP contribution in [0, 0.1) is 17.0 Å². The molecule has 98 valence electrons. The van der Waals surface area contributed by atoms with Gasteiger partial charge >= 0.3 is 5.69 Å². The zero-order valence-electron chi connectivity index (χ0n) is 10.4. The summed E-state index contributed by atoms with van der Waals surface area (Å²) in [4.78, 5) is 21.5. The number of aryl methyl sites for hydroxylation is 1. The fraction of sp³-hybridized carbons (Fsp3) is 0.417. The third-order valence-corrected chi connectivity index (χ3v) is 2.77. The van der Waals surface area contributed by atoms with Gasteiger partial charge in [-0.15, -0.1) is 0 Å². The van der Waals surface area contributed by atoms with Gasteiger partial charge in [0.1, 0.15) is 11.9 Å². The molecule has 0 heterocycles. The first-order chi connectivity index (χ1) is 8.31. The Labute approximate surface area is 113 Å². The maximum Gasteiger partial charge on any atom is 0.312 e. The highest BCUT2D eigenvalue weighted by Gasteiger charge is 2.21. The van der Waals surface area contributed by atoms with Crippen LogP contribution in [-0.2, 0) is 4.79 Å². The smallest absolute Gasteiger partial charge is 0.312 e. The molecule has 1 aromatic carbocycles. The van der Waals surface area contributed by atoms with E-state index in [0.717, 1.165) is 0 Å². The number of nitrogens with zero attached hydrogens (tertiary/aromatic N) is 1. The van der Waals surface area contributed by atoms with Crippen molar-refractivity contribution in [2.75, 3.05) is 0 Å². The van der Waals surface area contributed by atoms with E-state index in [1.54, 1.807) is 19.9 Å². The number of carbonyl (C=O) groups is 1. The van der Waals surface area contributed by atoms with Crippen LogP contribution in [0.1, 0.15) is 25.8 Å². The highest BCUT2D eigenvalue weighted by molar-refractivity contribution is 9.10. The van der Waals surface area contributed by atoms with Crippen molar-refractivity contribution in [2.45, 2.75) is 33.3 Å². The molecule has 0 amide bonds. The first kappa shape index (κ1) is 14.6. The lowest BCUT2D eigenvalue weighted by molar-refractivity contribution is -0.386. The molecule has 18 heavy (non-hydrogen) atoms. The zero-order valence-corrected chi connectivity index (χ0v) is 12.0. The van der Waals surface area contributed by atoms with Crippen molar-refractivity contribution in [2.24, 2.45) is 0 Å². The molecule has 0 saturated carbocycles. The molecule has 0 aliphatic carbocycles. The highest BCUT2D eigenvalue weighted by atomic mass is 79.9. The topological polar surface area (TPSA) is 69.4 Å². The molecule has 0 spiro atoms. The number of hydrogen-bond donors (Lipinski definition) is 0. The zero-order chi connectivity index (χ0) is 13.9. The van der Waals surface area contributed by atoms with Crippen LogP contribution in [-0.4, -0.2) is 16.8 Å². The van der Waals surface area contributed by atoms with Crippen molar-refractivity contribution in [3.63, 3.8) is 0 Å². The largest absolute Gasteiger partial charge is 0.483 e. The lowest BCUT2D eigenvalue weighted by atomic mass is 10.1. The number of rotatable bonds is 5. The maximum atomic E-state index is 11.0. The van der Waals surface area contributed by atoms with Crippen molar-refractivity contribution in [1.29, 1.82) is 0 Å². The van der Waals surface area contributed by atoms with Gasteiger partial charge in [-0.25, -0.2) is 0 Å². The molecule has 0 aliphatic heterocycles. The summed E-state index contributed by atoms with van der Waals surface area (Å²) in [5.41, 5.74) is 0.559. The Hall–Kier alpha value is -1.43. The van der Waals surface area contributed by atoms with Crippen LogP contribution >= 0.6 is 15.9 Å². The molecule has 1 unspecified atom stereocenters. The lowest BCUT2D eigenvalue weighted by Gasteiger charge is -2.15. The van der Waals surface area contributed by atoms with Crippen molar-refractivity contribution in [1.82, 2.24) is 0 Å². The van der Waals surface area contributed by atoms with E-state index in [1.165, 1.54) is 13.0 Å². The number of benzene rings is 1. The molecule has 0 fully saturated rings. The Kier molecular flexibility index (Phi) is 4.84. The molecule has 0 aromatic heterocycles. The van der Waals surface area contributed by atoms with Crippen LogP contribution in [0.3, 0.4) is 0 Å². The summed E-state index contributed by atoms with van der Waals surface area (Å²) in [7, 11) is 0. The fourth-order valence-corrected chi connectivity index (χ4v) is 2.21. The molecular weight excluding hydrogens is 302 g/mol. The summed E-state index contributed by atoms with van der Waals surface area (Å²) >= 11 is 3.21. The summed E-state index contributed by atoms with van der Waals surface area (Å²) in [6.45, 7) is 4.91.